The molecule has 5 rings (SSSR count). The zero-order valence-corrected chi connectivity index (χ0v) is 19.9. The summed E-state index contributed by atoms with van der Waals surface area (Å²) < 4.78 is 26.2. The van der Waals surface area contributed by atoms with Gasteiger partial charge in [-0.1, -0.05) is 72.3 Å². The van der Waals surface area contributed by atoms with Crippen LogP contribution >= 0.6 is 11.6 Å². The lowest BCUT2D eigenvalue weighted by Gasteiger charge is -2.33. The molecule has 34 heavy (non-hydrogen) atoms. The number of likely N-dealkylation sites (tertiary alicyclic amines) is 1. The molecule has 0 atom stereocenters. The van der Waals surface area contributed by atoms with Crippen molar-refractivity contribution in [2.24, 2.45) is 0 Å². The van der Waals surface area contributed by atoms with Crippen LogP contribution in [0.1, 0.15) is 47.1 Å². The van der Waals surface area contributed by atoms with Crippen molar-refractivity contribution in [3.05, 3.63) is 111 Å². The highest BCUT2D eigenvalue weighted by Gasteiger charge is 2.22. The number of hydrogen-bond acceptors (Lipinski definition) is 1. The number of nitrogens with zero attached hydrogens (tertiary/aromatic N) is 1. The SMILES string of the molecule is FCCCN1CC(=Cc2ccc(C3=C(c4ccc(F)cc4Cl)CCCc4ccccc43)cc2)C1. The van der Waals surface area contributed by atoms with Gasteiger partial charge in [0.25, 0.3) is 0 Å². The minimum absolute atomic E-state index is 0.249. The molecule has 0 aromatic heterocycles. The van der Waals surface area contributed by atoms with Gasteiger partial charge in [-0.3, -0.25) is 9.29 Å². The lowest BCUT2D eigenvalue weighted by Crippen LogP contribution is -2.40. The summed E-state index contributed by atoms with van der Waals surface area (Å²) in [6, 6.07) is 22.0. The first-order chi connectivity index (χ1) is 16.6. The second kappa shape index (κ2) is 10.2. The van der Waals surface area contributed by atoms with Gasteiger partial charge >= 0.3 is 0 Å². The van der Waals surface area contributed by atoms with E-state index >= 15 is 0 Å². The molecule has 1 aliphatic heterocycles. The summed E-state index contributed by atoms with van der Waals surface area (Å²) in [6.45, 7) is 2.43. The Morgan fingerprint density at radius 1 is 0.912 bits per heavy atom. The van der Waals surface area contributed by atoms with Crippen LogP contribution in [0.4, 0.5) is 8.78 Å². The van der Waals surface area contributed by atoms with Crippen LogP contribution < -0.4 is 0 Å². The van der Waals surface area contributed by atoms with Crippen molar-refractivity contribution in [3.8, 4) is 0 Å². The minimum atomic E-state index is -0.318. The Hall–Kier alpha value is -2.75. The van der Waals surface area contributed by atoms with Crippen LogP contribution in [0.5, 0.6) is 0 Å². The number of hydrogen-bond donors (Lipinski definition) is 0. The third-order valence-electron chi connectivity index (χ3n) is 6.75. The van der Waals surface area contributed by atoms with Crippen molar-refractivity contribution in [1.82, 2.24) is 4.90 Å². The van der Waals surface area contributed by atoms with Gasteiger partial charge in [-0.15, -0.1) is 0 Å². The standard InChI is InChI=1S/C30H28ClF2N/c31-29-18-25(33)13-14-27(29)28-8-3-6-23-5-1-2-7-26(23)30(28)24-11-9-21(10-12-24)17-22-19-34(20-22)16-4-15-32/h1-2,5,7,9-14,17-18H,3-4,6,8,15-16,19-20H2. The van der Waals surface area contributed by atoms with Gasteiger partial charge in [0.1, 0.15) is 5.82 Å². The quantitative estimate of drug-likeness (QED) is 0.351. The van der Waals surface area contributed by atoms with Crippen LogP contribution in [0.25, 0.3) is 17.2 Å². The number of fused-ring (bicyclic) bond motifs is 1. The second-order valence-electron chi connectivity index (χ2n) is 9.17. The minimum Gasteiger partial charge on any atom is -0.295 e. The molecule has 3 aromatic carbocycles. The maximum Gasteiger partial charge on any atom is 0.124 e. The maximum atomic E-state index is 13.8. The first kappa shape index (κ1) is 23.0. The summed E-state index contributed by atoms with van der Waals surface area (Å²) in [4.78, 5) is 2.27. The second-order valence-corrected chi connectivity index (χ2v) is 9.57. The zero-order valence-electron chi connectivity index (χ0n) is 19.2. The van der Waals surface area contributed by atoms with Crippen molar-refractivity contribution in [1.29, 1.82) is 0 Å². The summed E-state index contributed by atoms with van der Waals surface area (Å²) in [6.07, 6.45) is 5.76. The average molecular weight is 476 g/mol. The molecule has 0 spiro atoms. The number of halogens is 3. The highest BCUT2D eigenvalue weighted by molar-refractivity contribution is 6.32. The fourth-order valence-electron chi connectivity index (χ4n) is 5.10. The predicted octanol–water partition coefficient (Wildman–Crippen LogP) is 7.83. The van der Waals surface area contributed by atoms with Gasteiger partial charge in [0.2, 0.25) is 0 Å². The molecule has 1 fully saturated rings. The topological polar surface area (TPSA) is 3.24 Å². The van der Waals surface area contributed by atoms with Gasteiger partial charge < -0.3 is 0 Å². The fraction of sp³-hybridized carbons (Fsp3) is 0.267. The molecule has 1 nitrogen and oxygen atoms in total. The molecule has 174 valence electrons. The molecule has 1 aliphatic carbocycles. The lowest BCUT2D eigenvalue weighted by molar-refractivity contribution is 0.239. The summed E-state index contributed by atoms with van der Waals surface area (Å²) >= 11 is 6.54. The van der Waals surface area contributed by atoms with Crippen molar-refractivity contribution in [2.75, 3.05) is 26.3 Å². The summed E-state index contributed by atoms with van der Waals surface area (Å²) in [5.41, 5.74) is 9.51. The Labute approximate surface area is 205 Å². The van der Waals surface area contributed by atoms with E-state index in [2.05, 4.69) is 59.5 Å². The maximum absolute atomic E-state index is 13.8. The smallest absolute Gasteiger partial charge is 0.124 e. The van der Waals surface area contributed by atoms with Crippen molar-refractivity contribution >= 4 is 28.8 Å². The number of aryl methyl sites for hydroxylation is 1. The molecule has 0 unspecified atom stereocenters. The normalized spacial score (nSPS) is 16.1. The van der Waals surface area contributed by atoms with Crippen LogP contribution in [0, 0.1) is 5.82 Å². The molecule has 4 heteroatoms. The van der Waals surface area contributed by atoms with E-state index in [-0.39, 0.29) is 12.5 Å². The third kappa shape index (κ3) is 4.87. The zero-order chi connectivity index (χ0) is 23.5. The summed E-state index contributed by atoms with van der Waals surface area (Å²) in [7, 11) is 0. The monoisotopic (exact) mass is 475 g/mol. The van der Waals surface area contributed by atoms with Gasteiger partial charge in [0.05, 0.1) is 11.7 Å². The van der Waals surface area contributed by atoms with Gasteiger partial charge in [-0.25, -0.2) is 4.39 Å². The number of benzene rings is 3. The molecule has 0 radical (unpaired) electrons. The van der Waals surface area contributed by atoms with E-state index in [1.807, 2.05) is 6.07 Å². The molecule has 2 aliphatic rings. The number of allylic oxidation sites excluding steroid dienone is 1. The van der Waals surface area contributed by atoms with Crippen molar-refractivity contribution < 1.29 is 8.78 Å². The summed E-state index contributed by atoms with van der Waals surface area (Å²) in [5.74, 6) is -0.318. The molecular weight excluding hydrogens is 448 g/mol. The Morgan fingerprint density at radius 3 is 2.47 bits per heavy atom. The molecule has 0 amide bonds. The van der Waals surface area contributed by atoms with E-state index in [4.69, 9.17) is 11.6 Å². The van der Waals surface area contributed by atoms with Gasteiger partial charge in [-0.05, 0) is 82.4 Å². The highest BCUT2D eigenvalue weighted by atomic mass is 35.5. The van der Waals surface area contributed by atoms with E-state index in [1.54, 1.807) is 0 Å². The van der Waals surface area contributed by atoms with Crippen LogP contribution in [0.15, 0.2) is 72.3 Å². The van der Waals surface area contributed by atoms with E-state index < -0.39 is 0 Å². The van der Waals surface area contributed by atoms with Gasteiger partial charge in [-0.2, -0.15) is 0 Å². The average Bonchev–Trinajstić information content (AvgIpc) is 3.00. The number of rotatable bonds is 6. The highest BCUT2D eigenvalue weighted by Crippen LogP contribution is 2.41. The molecule has 1 saturated heterocycles. The van der Waals surface area contributed by atoms with E-state index in [9.17, 15) is 8.78 Å². The van der Waals surface area contributed by atoms with E-state index in [0.29, 0.717) is 11.4 Å². The molecule has 0 bridgehead atoms. The lowest BCUT2D eigenvalue weighted by atomic mass is 9.87. The van der Waals surface area contributed by atoms with Crippen LogP contribution in [-0.4, -0.2) is 31.2 Å². The Morgan fingerprint density at radius 2 is 1.71 bits per heavy atom. The van der Waals surface area contributed by atoms with Crippen LogP contribution in [0.2, 0.25) is 5.02 Å². The van der Waals surface area contributed by atoms with Crippen molar-refractivity contribution in [2.45, 2.75) is 25.7 Å². The Balaban J connectivity index is 1.52. The first-order valence-electron chi connectivity index (χ1n) is 12.0. The predicted molar refractivity (Wildman–Crippen MR) is 138 cm³/mol. The van der Waals surface area contributed by atoms with Crippen LogP contribution in [-0.2, 0) is 6.42 Å². The molecular formula is C30H28ClF2N. The summed E-state index contributed by atoms with van der Waals surface area (Å²) in [5, 5.41) is 0.454. The van der Waals surface area contributed by atoms with E-state index in [0.717, 1.165) is 50.0 Å². The van der Waals surface area contributed by atoms with Crippen LogP contribution in [0.3, 0.4) is 0 Å². The van der Waals surface area contributed by atoms with Gasteiger partial charge in [0.15, 0.2) is 0 Å². The van der Waals surface area contributed by atoms with Gasteiger partial charge in [0, 0.05) is 19.6 Å². The van der Waals surface area contributed by atoms with Crippen molar-refractivity contribution in [3.63, 3.8) is 0 Å². The Kier molecular flexibility index (Phi) is 6.94. The largest absolute Gasteiger partial charge is 0.295 e. The molecule has 0 saturated carbocycles. The molecule has 1 heterocycles. The molecule has 0 N–H and O–H groups in total. The first-order valence-corrected chi connectivity index (χ1v) is 12.4. The Bertz CT molecular complexity index is 1230. The third-order valence-corrected chi connectivity index (χ3v) is 7.06. The van der Waals surface area contributed by atoms with E-state index in [1.165, 1.54) is 45.5 Å². The number of alkyl halides is 1. The fourth-order valence-corrected chi connectivity index (χ4v) is 5.38. The molecule has 3 aromatic rings.